The monoisotopic (exact) mass is 678 g/mol. The Kier molecular flexibility index (Phi) is 10.4. The lowest BCUT2D eigenvalue weighted by molar-refractivity contribution is -0.145. The van der Waals surface area contributed by atoms with Crippen LogP contribution in [0.25, 0.3) is 0 Å². The molecule has 1 heterocycles. The Balaban J connectivity index is 1.30. The van der Waals surface area contributed by atoms with E-state index in [1.807, 2.05) is 24.3 Å². The maximum absolute atomic E-state index is 13.2. The van der Waals surface area contributed by atoms with Crippen LogP contribution in [0.4, 0.5) is 5.00 Å². The van der Waals surface area contributed by atoms with E-state index in [1.165, 1.54) is 11.3 Å². The second-order valence-corrected chi connectivity index (χ2v) is 12.0. The number of ether oxygens (including phenoxy) is 3. The smallest absolute Gasteiger partial charge is 0.344 e. The summed E-state index contributed by atoms with van der Waals surface area (Å²) in [5.41, 5.74) is 1.45. The van der Waals surface area contributed by atoms with E-state index in [4.69, 9.17) is 14.2 Å². The van der Waals surface area contributed by atoms with Gasteiger partial charge in [-0.2, -0.15) is 0 Å². The minimum absolute atomic E-state index is 0.000352. The van der Waals surface area contributed by atoms with Crippen molar-refractivity contribution in [1.82, 2.24) is 5.32 Å². The van der Waals surface area contributed by atoms with Crippen LogP contribution in [-0.4, -0.2) is 44.1 Å². The quantitative estimate of drug-likeness (QED) is 0.197. The van der Waals surface area contributed by atoms with Gasteiger partial charge >= 0.3 is 5.97 Å². The van der Waals surface area contributed by atoms with Crippen molar-refractivity contribution in [2.45, 2.75) is 26.2 Å². The van der Waals surface area contributed by atoms with Crippen molar-refractivity contribution in [2.75, 3.05) is 31.7 Å². The fourth-order valence-corrected chi connectivity index (χ4v) is 6.01. The van der Waals surface area contributed by atoms with Gasteiger partial charge in [0, 0.05) is 13.8 Å². The highest BCUT2D eigenvalue weighted by molar-refractivity contribution is 9.10. The van der Waals surface area contributed by atoms with Gasteiger partial charge in [-0.15, -0.1) is 11.3 Å². The van der Waals surface area contributed by atoms with Crippen LogP contribution in [0.5, 0.6) is 11.5 Å². The van der Waals surface area contributed by atoms with Gasteiger partial charge < -0.3 is 24.8 Å². The highest BCUT2D eigenvalue weighted by atomic mass is 79.9. The van der Waals surface area contributed by atoms with Crippen molar-refractivity contribution < 1.29 is 28.6 Å². The van der Waals surface area contributed by atoms with Gasteiger partial charge in [-0.25, -0.2) is 4.79 Å². The molecule has 1 aromatic heterocycles. The number of carbonyl (C=O) groups is 3. The number of amides is 2. The van der Waals surface area contributed by atoms with Crippen molar-refractivity contribution in [2.24, 2.45) is 5.92 Å². The standard InChI is InChI=1S/C28H28Br2N2O6S/c1-17-2-11-22-23(14-17)39-28(32-24(33)15-37-20-7-3-18(29)4-8-20)26(22)27(35)31-12-13-36-25(34)16-38-21-9-5-19(30)6-10-21/h3-10,17H,2,11-16H2,1H3,(H,31,35)(H,32,33). The molecular weight excluding hydrogens is 652 g/mol. The highest BCUT2D eigenvalue weighted by Gasteiger charge is 2.28. The normalized spacial score (nSPS) is 14.2. The Morgan fingerprint density at radius 1 is 0.949 bits per heavy atom. The van der Waals surface area contributed by atoms with Crippen LogP contribution >= 0.6 is 43.2 Å². The third-order valence-electron chi connectivity index (χ3n) is 6.00. The third kappa shape index (κ3) is 8.55. The number of nitrogens with one attached hydrogen (secondary N) is 2. The Morgan fingerprint density at radius 3 is 2.21 bits per heavy atom. The van der Waals surface area contributed by atoms with E-state index in [0.29, 0.717) is 28.0 Å². The number of hydrogen-bond acceptors (Lipinski definition) is 7. The molecule has 39 heavy (non-hydrogen) atoms. The predicted octanol–water partition coefficient (Wildman–Crippen LogP) is 5.77. The molecule has 0 aliphatic heterocycles. The first kappa shape index (κ1) is 29.1. The Morgan fingerprint density at radius 2 is 1.56 bits per heavy atom. The summed E-state index contributed by atoms with van der Waals surface area (Å²) in [6.07, 6.45) is 2.60. The minimum Gasteiger partial charge on any atom is -0.484 e. The number of thiophene rings is 1. The molecule has 0 saturated carbocycles. The van der Waals surface area contributed by atoms with Gasteiger partial charge in [-0.3, -0.25) is 9.59 Å². The molecule has 2 N–H and O–H groups in total. The summed E-state index contributed by atoms with van der Waals surface area (Å²) >= 11 is 8.14. The van der Waals surface area contributed by atoms with Gasteiger partial charge in [0.2, 0.25) is 0 Å². The number of benzene rings is 2. The van der Waals surface area contributed by atoms with Crippen LogP contribution in [0.15, 0.2) is 57.5 Å². The van der Waals surface area contributed by atoms with E-state index in [9.17, 15) is 14.4 Å². The fraction of sp³-hybridized carbons (Fsp3) is 0.321. The summed E-state index contributed by atoms with van der Waals surface area (Å²) in [6.45, 7) is 1.90. The SMILES string of the molecule is CC1CCc2c(sc(NC(=O)COc3ccc(Br)cc3)c2C(=O)NCCOC(=O)COc2ccc(Br)cc2)C1. The van der Waals surface area contributed by atoms with Crippen molar-refractivity contribution in [3.63, 3.8) is 0 Å². The number of fused-ring (bicyclic) bond motifs is 1. The summed E-state index contributed by atoms with van der Waals surface area (Å²) in [5, 5.41) is 6.20. The molecule has 0 saturated heterocycles. The average Bonchev–Trinajstić information content (AvgIpc) is 3.27. The van der Waals surface area contributed by atoms with Crippen LogP contribution in [0.2, 0.25) is 0 Å². The summed E-state index contributed by atoms with van der Waals surface area (Å²) in [7, 11) is 0. The molecule has 2 amide bonds. The average molecular weight is 680 g/mol. The van der Waals surface area contributed by atoms with Crippen molar-refractivity contribution >= 4 is 66.0 Å². The largest absolute Gasteiger partial charge is 0.484 e. The van der Waals surface area contributed by atoms with Gasteiger partial charge in [0.15, 0.2) is 13.2 Å². The molecular formula is C28H28Br2N2O6S. The van der Waals surface area contributed by atoms with E-state index in [-0.39, 0.29) is 38.2 Å². The lowest BCUT2D eigenvalue weighted by atomic mass is 9.88. The second kappa shape index (κ2) is 14.0. The van der Waals surface area contributed by atoms with Crippen molar-refractivity contribution in [3.8, 4) is 11.5 Å². The highest BCUT2D eigenvalue weighted by Crippen LogP contribution is 2.39. The van der Waals surface area contributed by atoms with E-state index in [2.05, 4.69) is 49.4 Å². The molecule has 3 aromatic rings. The number of halogens is 2. The molecule has 206 valence electrons. The third-order valence-corrected chi connectivity index (χ3v) is 8.22. The lowest BCUT2D eigenvalue weighted by Gasteiger charge is -2.18. The summed E-state index contributed by atoms with van der Waals surface area (Å²) in [4.78, 5) is 39.0. The molecule has 8 nitrogen and oxygen atoms in total. The minimum atomic E-state index is -0.534. The van der Waals surface area contributed by atoms with E-state index in [0.717, 1.165) is 38.6 Å². The number of rotatable bonds is 11. The van der Waals surface area contributed by atoms with Crippen LogP contribution in [-0.2, 0) is 27.2 Å². The van der Waals surface area contributed by atoms with E-state index in [1.54, 1.807) is 24.3 Å². The van der Waals surface area contributed by atoms with Gasteiger partial charge in [0.05, 0.1) is 12.1 Å². The first-order chi connectivity index (χ1) is 18.8. The Hall–Kier alpha value is -2.89. The maximum atomic E-state index is 13.2. The summed E-state index contributed by atoms with van der Waals surface area (Å²) in [5.74, 6) is 0.439. The van der Waals surface area contributed by atoms with Gasteiger partial charge in [0.25, 0.3) is 11.8 Å². The molecule has 0 bridgehead atoms. The van der Waals surface area contributed by atoms with E-state index >= 15 is 0 Å². The van der Waals surface area contributed by atoms with Gasteiger partial charge in [0.1, 0.15) is 23.1 Å². The Labute approximate surface area is 247 Å². The molecule has 1 aliphatic rings. The van der Waals surface area contributed by atoms with Crippen LogP contribution in [0, 0.1) is 5.92 Å². The van der Waals surface area contributed by atoms with Crippen LogP contribution in [0.3, 0.4) is 0 Å². The van der Waals surface area contributed by atoms with Crippen molar-refractivity contribution in [3.05, 3.63) is 73.5 Å². The first-order valence-electron chi connectivity index (χ1n) is 12.4. The molecule has 2 aromatic carbocycles. The zero-order chi connectivity index (χ0) is 27.8. The van der Waals surface area contributed by atoms with Gasteiger partial charge in [-0.1, -0.05) is 38.8 Å². The number of anilines is 1. The summed E-state index contributed by atoms with van der Waals surface area (Å²) in [6, 6.07) is 14.3. The van der Waals surface area contributed by atoms with E-state index < -0.39 is 5.97 Å². The molecule has 4 rings (SSSR count). The molecule has 1 atom stereocenters. The number of esters is 1. The molecule has 0 fully saturated rings. The predicted molar refractivity (Wildman–Crippen MR) is 157 cm³/mol. The number of hydrogen-bond donors (Lipinski definition) is 2. The lowest BCUT2D eigenvalue weighted by Crippen LogP contribution is -2.30. The summed E-state index contributed by atoms with van der Waals surface area (Å²) < 4.78 is 18.0. The van der Waals surface area contributed by atoms with Crippen LogP contribution in [0.1, 0.15) is 34.1 Å². The zero-order valence-electron chi connectivity index (χ0n) is 21.3. The molecule has 11 heteroatoms. The van der Waals surface area contributed by atoms with Gasteiger partial charge in [-0.05, 0) is 79.3 Å². The van der Waals surface area contributed by atoms with Crippen molar-refractivity contribution in [1.29, 1.82) is 0 Å². The molecule has 0 spiro atoms. The molecule has 0 radical (unpaired) electrons. The van der Waals surface area contributed by atoms with Crippen LogP contribution < -0.4 is 20.1 Å². The number of carbonyl (C=O) groups excluding carboxylic acids is 3. The first-order valence-corrected chi connectivity index (χ1v) is 14.8. The maximum Gasteiger partial charge on any atom is 0.344 e. The second-order valence-electron chi connectivity index (χ2n) is 9.07. The Bertz CT molecular complexity index is 1310. The molecule has 1 aliphatic carbocycles. The molecule has 1 unspecified atom stereocenters. The topological polar surface area (TPSA) is 103 Å². The zero-order valence-corrected chi connectivity index (χ0v) is 25.2. The fourth-order valence-electron chi connectivity index (χ4n) is 4.05.